The Hall–Kier alpha value is -2.31. The number of benzene rings is 1. The zero-order chi connectivity index (χ0) is 16.3. The van der Waals surface area contributed by atoms with E-state index in [2.05, 4.69) is 0 Å². The summed E-state index contributed by atoms with van der Waals surface area (Å²) in [7, 11) is 0. The number of allylic oxidation sites excluding steroid dienone is 1. The van der Waals surface area contributed by atoms with Crippen LogP contribution in [0, 0.1) is 0 Å². The second kappa shape index (κ2) is 6.21. The van der Waals surface area contributed by atoms with Crippen molar-refractivity contribution < 1.29 is 27.9 Å². The van der Waals surface area contributed by atoms with Gasteiger partial charge in [-0.3, -0.25) is 4.79 Å². The minimum atomic E-state index is -4.67. The van der Waals surface area contributed by atoms with Crippen molar-refractivity contribution in [3.63, 3.8) is 0 Å². The van der Waals surface area contributed by atoms with Gasteiger partial charge < -0.3 is 10.4 Å². The van der Waals surface area contributed by atoms with E-state index in [9.17, 15) is 22.8 Å². The van der Waals surface area contributed by atoms with Gasteiger partial charge >= 0.3 is 12.1 Å². The van der Waals surface area contributed by atoms with Crippen LogP contribution < -0.4 is 5.32 Å². The van der Waals surface area contributed by atoms with Gasteiger partial charge in [0.1, 0.15) is 6.04 Å². The molecule has 0 bridgehead atoms. The molecular formula is C15H14F3NO3. The summed E-state index contributed by atoms with van der Waals surface area (Å²) in [6, 6.07) is 2.75. The molecule has 0 spiro atoms. The number of nitrogens with one attached hydrogen (secondary N) is 1. The molecule has 0 radical (unpaired) electrons. The van der Waals surface area contributed by atoms with Crippen molar-refractivity contribution >= 4 is 18.0 Å². The Bertz CT molecular complexity index is 623. The van der Waals surface area contributed by atoms with E-state index < -0.39 is 30.5 Å². The maximum absolute atomic E-state index is 12.3. The van der Waals surface area contributed by atoms with Crippen molar-refractivity contribution in [3.8, 4) is 0 Å². The van der Waals surface area contributed by atoms with Crippen molar-refractivity contribution in [1.82, 2.24) is 5.32 Å². The number of carboxylic acids is 1. The Kier molecular flexibility index (Phi) is 4.54. The summed E-state index contributed by atoms with van der Waals surface area (Å²) in [5, 5.41) is 10.7. The largest absolute Gasteiger partial charge is 0.480 e. The Morgan fingerprint density at radius 2 is 2.05 bits per heavy atom. The maximum Gasteiger partial charge on any atom is 0.391 e. The van der Waals surface area contributed by atoms with Crippen molar-refractivity contribution in [2.24, 2.45) is 0 Å². The van der Waals surface area contributed by atoms with E-state index in [0.29, 0.717) is 0 Å². The highest BCUT2D eigenvalue weighted by Gasteiger charge is 2.36. The number of carbonyl (C=O) groups excluding carboxylic acids is 1. The molecule has 0 heterocycles. The van der Waals surface area contributed by atoms with Crippen LogP contribution in [0.2, 0.25) is 0 Å². The SMILES string of the molecule is O=C(NC(CC(F)(F)F)C(=O)O)c1ccc2c(c1)CCC=C2. The van der Waals surface area contributed by atoms with E-state index in [1.54, 1.807) is 12.1 Å². The molecule has 1 aromatic rings. The fraction of sp³-hybridized carbons (Fsp3) is 0.333. The van der Waals surface area contributed by atoms with Gasteiger partial charge in [0.15, 0.2) is 0 Å². The molecule has 1 aliphatic rings. The molecule has 0 saturated carbocycles. The fourth-order valence-electron chi connectivity index (χ4n) is 2.25. The van der Waals surface area contributed by atoms with Gasteiger partial charge in [-0.2, -0.15) is 13.2 Å². The van der Waals surface area contributed by atoms with Crippen molar-refractivity contribution in [1.29, 1.82) is 0 Å². The summed E-state index contributed by atoms with van der Waals surface area (Å²) in [5.41, 5.74) is 2.02. The number of halogens is 3. The van der Waals surface area contributed by atoms with E-state index in [1.165, 1.54) is 6.07 Å². The number of hydrogen-bond acceptors (Lipinski definition) is 2. The lowest BCUT2D eigenvalue weighted by atomic mass is 9.95. The summed E-state index contributed by atoms with van der Waals surface area (Å²) >= 11 is 0. The third kappa shape index (κ3) is 4.09. The minimum Gasteiger partial charge on any atom is -0.480 e. The molecule has 2 N–H and O–H groups in total. The Balaban J connectivity index is 2.13. The summed E-state index contributed by atoms with van der Waals surface area (Å²) in [6.45, 7) is 0. The van der Waals surface area contributed by atoms with Crippen molar-refractivity contribution in [3.05, 3.63) is 41.0 Å². The summed E-state index contributed by atoms with van der Waals surface area (Å²) in [6.07, 6.45) is -0.823. The van der Waals surface area contributed by atoms with Gasteiger partial charge in [0, 0.05) is 5.56 Å². The highest BCUT2D eigenvalue weighted by atomic mass is 19.4. The number of aryl methyl sites for hydroxylation is 1. The number of aliphatic carboxylic acids is 1. The van der Waals surface area contributed by atoms with Crippen LogP contribution in [0.1, 0.15) is 34.3 Å². The first-order valence-electron chi connectivity index (χ1n) is 6.66. The van der Waals surface area contributed by atoms with Crippen LogP contribution in [0.25, 0.3) is 6.08 Å². The molecule has 1 amide bonds. The monoisotopic (exact) mass is 313 g/mol. The van der Waals surface area contributed by atoms with Gasteiger partial charge in [-0.05, 0) is 36.1 Å². The average molecular weight is 313 g/mol. The second-order valence-corrected chi connectivity index (χ2v) is 5.04. The highest BCUT2D eigenvalue weighted by Crippen LogP contribution is 2.23. The third-order valence-corrected chi connectivity index (χ3v) is 3.32. The third-order valence-electron chi connectivity index (χ3n) is 3.32. The predicted molar refractivity (Wildman–Crippen MR) is 73.4 cm³/mol. The Morgan fingerprint density at radius 3 is 2.68 bits per heavy atom. The highest BCUT2D eigenvalue weighted by molar-refractivity contribution is 5.97. The maximum atomic E-state index is 12.3. The lowest BCUT2D eigenvalue weighted by Gasteiger charge is -2.17. The molecule has 1 aromatic carbocycles. The van der Waals surface area contributed by atoms with Crippen LogP contribution in [0.5, 0.6) is 0 Å². The molecule has 0 fully saturated rings. The van der Waals surface area contributed by atoms with E-state index in [-0.39, 0.29) is 5.56 Å². The summed E-state index contributed by atoms with van der Waals surface area (Å²) in [4.78, 5) is 22.8. The lowest BCUT2D eigenvalue weighted by molar-refractivity contribution is -0.157. The molecule has 1 unspecified atom stereocenters. The first-order chi connectivity index (χ1) is 10.3. The van der Waals surface area contributed by atoms with E-state index in [4.69, 9.17) is 5.11 Å². The van der Waals surface area contributed by atoms with Crippen molar-refractivity contribution in [2.45, 2.75) is 31.5 Å². The minimum absolute atomic E-state index is 0.155. The van der Waals surface area contributed by atoms with Gasteiger partial charge in [-0.15, -0.1) is 0 Å². The predicted octanol–water partition coefficient (Wildman–Crippen LogP) is 2.78. The van der Waals surface area contributed by atoms with Gasteiger partial charge in [0.25, 0.3) is 5.91 Å². The van der Waals surface area contributed by atoms with Crippen LogP contribution in [0.4, 0.5) is 13.2 Å². The number of carbonyl (C=O) groups is 2. The average Bonchev–Trinajstić information content (AvgIpc) is 2.44. The van der Waals surface area contributed by atoms with Gasteiger partial charge in [0.05, 0.1) is 6.42 Å². The van der Waals surface area contributed by atoms with Crippen LogP contribution in [-0.4, -0.2) is 29.2 Å². The molecule has 1 atom stereocenters. The van der Waals surface area contributed by atoms with E-state index in [1.807, 2.05) is 17.5 Å². The number of hydrogen-bond donors (Lipinski definition) is 2. The molecule has 2 rings (SSSR count). The molecule has 1 aliphatic carbocycles. The summed E-state index contributed by atoms with van der Waals surface area (Å²) < 4.78 is 37.0. The molecule has 0 aliphatic heterocycles. The number of rotatable bonds is 4. The molecule has 4 nitrogen and oxygen atoms in total. The number of amides is 1. The quantitative estimate of drug-likeness (QED) is 0.898. The summed E-state index contributed by atoms with van der Waals surface area (Å²) in [5.74, 6) is -2.54. The van der Waals surface area contributed by atoms with E-state index in [0.717, 1.165) is 24.0 Å². The molecule has 0 saturated heterocycles. The molecule has 22 heavy (non-hydrogen) atoms. The van der Waals surface area contributed by atoms with Crippen LogP contribution >= 0.6 is 0 Å². The van der Waals surface area contributed by atoms with E-state index >= 15 is 0 Å². The van der Waals surface area contributed by atoms with Gasteiger partial charge in [-0.25, -0.2) is 4.79 Å². The normalized spacial score (nSPS) is 15.0. The van der Waals surface area contributed by atoms with Gasteiger partial charge in [0.2, 0.25) is 0 Å². The molecule has 7 heteroatoms. The first kappa shape index (κ1) is 16.1. The zero-order valence-corrected chi connectivity index (χ0v) is 11.5. The Labute approximate surface area is 124 Å². The topological polar surface area (TPSA) is 66.4 Å². The smallest absolute Gasteiger partial charge is 0.391 e. The fourth-order valence-corrected chi connectivity index (χ4v) is 2.25. The number of carboxylic acid groups (broad SMARTS) is 1. The Morgan fingerprint density at radius 1 is 1.32 bits per heavy atom. The zero-order valence-electron chi connectivity index (χ0n) is 11.5. The second-order valence-electron chi connectivity index (χ2n) is 5.04. The molecule has 118 valence electrons. The van der Waals surface area contributed by atoms with Crippen molar-refractivity contribution in [2.75, 3.05) is 0 Å². The number of fused-ring (bicyclic) bond motifs is 1. The van der Waals surface area contributed by atoms with Crippen LogP contribution in [0.15, 0.2) is 24.3 Å². The van der Waals surface area contributed by atoms with Crippen LogP contribution in [0.3, 0.4) is 0 Å². The number of alkyl halides is 3. The van der Waals surface area contributed by atoms with Gasteiger partial charge in [-0.1, -0.05) is 18.2 Å². The standard InChI is InChI=1S/C15H14F3NO3/c16-15(17,18)8-12(14(21)22)19-13(20)11-6-5-9-3-1-2-4-10(9)7-11/h1,3,5-7,12H,2,4,8H2,(H,19,20)(H,21,22). The molecule has 0 aromatic heterocycles. The lowest BCUT2D eigenvalue weighted by Crippen LogP contribution is -2.43. The first-order valence-corrected chi connectivity index (χ1v) is 6.66. The van der Waals surface area contributed by atoms with Crippen LogP contribution in [-0.2, 0) is 11.2 Å². The molecular weight excluding hydrogens is 299 g/mol.